The number of thioether (sulfide) groups is 2. The quantitative estimate of drug-likeness (QED) is 0.223. The van der Waals surface area contributed by atoms with Crippen molar-refractivity contribution >= 4 is 62.8 Å². The molecule has 1 aromatic rings. The smallest absolute Gasteiger partial charge is 0.329 e. The van der Waals surface area contributed by atoms with Gasteiger partial charge in [0, 0.05) is 29.9 Å². The molecule has 0 aliphatic carbocycles. The van der Waals surface area contributed by atoms with E-state index in [2.05, 4.69) is 17.2 Å². The van der Waals surface area contributed by atoms with Crippen LogP contribution in [0, 0.1) is 0 Å². The Balaban J connectivity index is 1.40. The highest BCUT2D eigenvalue weighted by atomic mass is 32.2. The van der Waals surface area contributed by atoms with Gasteiger partial charge >= 0.3 is 5.97 Å². The molecular weight excluding hydrogens is 581 g/mol. The van der Waals surface area contributed by atoms with Gasteiger partial charge in [0.25, 0.3) is 5.91 Å². The lowest BCUT2D eigenvalue weighted by molar-refractivity contribution is -0.157. The number of fused-ring (bicyclic) bond motifs is 5. The van der Waals surface area contributed by atoms with Crippen molar-refractivity contribution in [2.75, 3.05) is 18.1 Å². The van der Waals surface area contributed by atoms with Gasteiger partial charge in [0.15, 0.2) is 5.12 Å². The molecule has 1 saturated heterocycles. The van der Waals surface area contributed by atoms with E-state index in [0.29, 0.717) is 54.5 Å². The standard InChI is InChI=1S/C29H40N4O5S3/c1-3-4-5-6-7-13-25(35)39-15-9-8-11-20-16-23(34)30-17-24-31-21(18-40-24)26-32-29(2,19-41-26)28(37)33-14-10-12-22(33)27(36)38-20/h8,11,18,20,22H,3-7,9-10,12-17,19H2,1-2H3,(H,30,34)/t20?,22-,29-/m0/s1. The Labute approximate surface area is 254 Å². The molecule has 9 nitrogen and oxygen atoms in total. The first-order valence-corrected chi connectivity index (χ1v) is 17.4. The third-order valence-electron chi connectivity index (χ3n) is 7.33. The molecule has 3 aliphatic heterocycles. The number of hydrogen-bond acceptors (Lipinski definition) is 10. The zero-order valence-corrected chi connectivity index (χ0v) is 26.3. The average molecular weight is 621 g/mol. The van der Waals surface area contributed by atoms with Gasteiger partial charge in [-0.2, -0.15) is 0 Å². The third kappa shape index (κ3) is 8.90. The number of ether oxygens (including phenoxy) is 1. The van der Waals surface area contributed by atoms with Gasteiger partial charge in [-0.05, 0) is 38.7 Å². The fourth-order valence-corrected chi connectivity index (χ4v) is 7.72. The van der Waals surface area contributed by atoms with Crippen molar-refractivity contribution in [2.45, 2.75) is 102 Å². The second-order valence-corrected chi connectivity index (χ2v) is 13.9. The van der Waals surface area contributed by atoms with E-state index < -0.39 is 23.7 Å². The van der Waals surface area contributed by atoms with Gasteiger partial charge in [-0.1, -0.05) is 50.4 Å². The molecule has 0 spiro atoms. The number of aliphatic imine (C=N–C) groups is 1. The molecular formula is C29H40N4O5S3. The van der Waals surface area contributed by atoms with Gasteiger partial charge in [-0.3, -0.25) is 19.4 Å². The molecule has 3 atom stereocenters. The van der Waals surface area contributed by atoms with E-state index >= 15 is 0 Å². The number of hydrogen-bond donors (Lipinski definition) is 1. The molecule has 224 valence electrons. The van der Waals surface area contributed by atoms with Crippen molar-refractivity contribution in [2.24, 2.45) is 4.99 Å². The van der Waals surface area contributed by atoms with Gasteiger partial charge in [-0.25, -0.2) is 9.78 Å². The molecule has 0 radical (unpaired) electrons. The molecule has 41 heavy (non-hydrogen) atoms. The lowest BCUT2D eigenvalue weighted by Gasteiger charge is -2.30. The minimum atomic E-state index is -0.970. The number of nitrogens with zero attached hydrogens (tertiary/aromatic N) is 3. The maximum absolute atomic E-state index is 13.6. The second kappa shape index (κ2) is 15.3. The summed E-state index contributed by atoms with van der Waals surface area (Å²) in [6, 6.07) is -0.702. The van der Waals surface area contributed by atoms with Crippen LogP contribution in [0.5, 0.6) is 0 Å². The molecule has 1 aromatic heterocycles. The largest absolute Gasteiger partial charge is 0.456 e. The third-order valence-corrected chi connectivity index (χ3v) is 10.4. The summed E-state index contributed by atoms with van der Waals surface area (Å²) in [6.07, 6.45) is 10.8. The van der Waals surface area contributed by atoms with Crippen molar-refractivity contribution in [3.05, 3.63) is 28.2 Å². The summed E-state index contributed by atoms with van der Waals surface area (Å²) in [5, 5.41) is 6.42. The van der Waals surface area contributed by atoms with Crippen LogP contribution in [0.25, 0.3) is 0 Å². The molecule has 1 fully saturated rings. The molecule has 1 N–H and O–H groups in total. The average Bonchev–Trinajstić information content (AvgIpc) is 3.71. The maximum atomic E-state index is 13.6. The molecule has 4 bridgehead atoms. The van der Waals surface area contributed by atoms with Gasteiger partial charge in [0.1, 0.15) is 33.4 Å². The van der Waals surface area contributed by atoms with E-state index in [1.807, 2.05) is 18.4 Å². The monoisotopic (exact) mass is 620 g/mol. The first-order valence-electron chi connectivity index (χ1n) is 14.6. The maximum Gasteiger partial charge on any atom is 0.329 e. The number of unbranched alkanes of at least 4 members (excludes halogenated alkanes) is 4. The predicted octanol–water partition coefficient (Wildman–Crippen LogP) is 4.88. The summed E-state index contributed by atoms with van der Waals surface area (Å²) in [5.41, 5.74) is -0.263. The highest BCUT2D eigenvalue weighted by Crippen LogP contribution is 2.35. The van der Waals surface area contributed by atoms with E-state index in [9.17, 15) is 19.2 Å². The van der Waals surface area contributed by atoms with Crippen molar-refractivity contribution in [1.29, 1.82) is 0 Å². The molecule has 0 aromatic carbocycles. The minimum Gasteiger partial charge on any atom is -0.456 e. The first kappa shape index (κ1) is 31.7. The summed E-state index contributed by atoms with van der Waals surface area (Å²) in [5.74, 6) is 0.169. The van der Waals surface area contributed by atoms with Gasteiger partial charge in [0.2, 0.25) is 5.91 Å². The van der Waals surface area contributed by atoms with Crippen molar-refractivity contribution < 1.29 is 23.9 Å². The molecule has 4 rings (SSSR count). The highest BCUT2D eigenvalue weighted by molar-refractivity contribution is 8.14. The highest BCUT2D eigenvalue weighted by Gasteiger charge is 2.46. The predicted molar refractivity (Wildman–Crippen MR) is 165 cm³/mol. The van der Waals surface area contributed by atoms with Gasteiger partial charge in [0.05, 0.1) is 13.0 Å². The summed E-state index contributed by atoms with van der Waals surface area (Å²) < 4.78 is 5.83. The Hall–Kier alpha value is -2.18. The number of rotatable bonds is 10. The molecule has 4 heterocycles. The van der Waals surface area contributed by atoms with Crippen molar-refractivity contribution in [3.63, 3.8) is 0 Å². The number of amides is 2. The van der Waals surface area contributed by atoms with Crippen molar-refractivity contribution in [1.82, 2.24) is 15.2 Å². The lowest BCUT2D eigenvalue weighted by atomic mass is 10.0. The topological polar surface area (TPSA) is 118 Å². The molecule has 3 aliphatic rings. The van der Waals surface area contributed by atoms with Gasteiger partial charge < -0.3 is 15.0 Å². The first-order chi connectivity index (χ1) is 19.8. The number of aromatic nitrogens is 1. The van der Waals surface area contributed by atoms with Crippen LogP contribution >= 0.6 is 34.9 Å². The summed E-state index contributed by atoms with van der Waals surface area (Å²) >= 11 is 4.24. The normalized spacial score (nSPS) is 25.3. The fraction of sp³-hybridized carbons (Fsp3) is 0.655. The summed E-state index contributed by atoms with van der Waals surface area (Å²) in [4.78, 5) is 62.9. The van der Waals surface area contributed by atoms with Crippen LogP contribution in [-0.2, 0) is 30.5 Å². The van der Waals surface area contributed by atoms with Crippen molar-refractivity contribution in [3.8, 4) is 0 Å². The lowest BCUT2D eigenvalue weighted by Crippen LogP contribution is -2.51. The minimum absolute atomic E-state index is 0.0365. The SMILES string of the molecule is CCCCCCCC(=O)SCCC=CC1CC(=O)NCc2nc(cs2)C2=N[C@@](C)(CS2)C(=O)N2CCC[C@H]2C(=O)O1. The Morgan fingerprint density at radius 2 is 2.10 bits per heavy atom. The molecule has 0 saturated carbocycles. The number of nitrogens with one attached hydrogen (secondary N) is 1. The summed E-state index contributed by atoms with van der Waals surface area (Å²) in [7, 11) is 0. The van der Waals surface area contributed by atoms with Crippen LogP contribution in [0.1, 0.15) is 88.8 Å². The van der Waals surface area contributed by atoms with Crippen LogP contribution in [0.15, 0.2) is 22.5 Å². The molecule has 2 amide bonds. The Bertz CT molecular complexity index is 1170. The number of carbonyl (C=O) groups excluding carboxylic acids is 4. The summed E-state index contributed by atoms with van der Waals surface area (Å²) in [6.45, 7) is 4.71. The van der Waals surface area contributed by atoms with E-state index in [-0.39, 0.29) is 29.9 Å². The van der Waals surface area contributed by atoms with Crippen LogP contribution in [0.3, 0.4) is 0 Å². The van der Waals surface area contributed by atoms with E-state index in [0.717, 1.165) is 17.8 Å². The van der Waals surface area contributed by atoms with Crippen LogP contribution < -0.4 is 5.32 Å². The Morgan fingerprint density at radius 3 is 2.93 bits per heavy atom. The van der Waals surface area contributed by atoms with E-state index in [1.54, 1.807) is 11.0 Å². The molecule has 1 unspecified atom stereocenters. The zero-order chi connectivity index (χ0) is 29.2. The fourth-order valence-electron chi connectivity index (χ4n) is 5.03. The van der Waals surface area contributed by atoms with Crippen LogP contribution in [-0.4, -0.2) is 73.6 Å². The number of esters is 1. The Morgan fingerprint density at radius 1 is 1.27 bits per heavy atom. The van der Waals surface area contributed by atoms with Crippen LogP contribution in [0.4, 0.5) is 0 Å². The molecule has 12 heteroatoms. The number of cyclic esters (lactones) is 1. The second-order valence-electron chi connectivity index (χ2n) is 10.8. The number of carbonyl (C=O) groups is 4. The zero-order valence-electron chi connectivity index (χ0n) is 23.9. The van der Waals surface area contributed by atoms with Crippen LogP contribution in [0.2, 0.25) is 0 Å². The number of thiazole rings is 1. The number of allylic oxidation sites excluding steroid dienone is 1. The van der Waals surface area contributed by atoms with E-state index in [1.165, 1.54) is 54.1 Å². The van der Waals surface area contributed by atoms with E-state index in [4.69, 9.17) is 9.73 Å². The Kier molecular flexibility index (Phi) is 11.9. The van der Waals surface area contributed by atoms with Gasteiger partial charge in [-0.15, -0.1) is 23.1 Å².